The molecule has 0 saturated heterocycles. The van der Waals surface area contributed by atoms with Crippen LogP contribution in [-0.2, 0) is 10.3 Å². The van der Waals surface area contributed by atoms with Gasteiger partial charge in [0.25, 0.3) is 0 Å². The molecular formula is C15H20N4O2. The van der Waals surface area contributed by atoms with E-state index < -0.39 is 11.5 Å². The fourth-order valence-corrected chi connectivity index (χ4v) is 2.41. The average molecular weight is 288 g/mol. The maximum Gasteiger partial charge on any atom is 0.331 e. The molecule has 0 saturated carbocycles. The number of rotatable bonds is 6. The van der Waals surface area contributed by atoms with E-state index in [1.54, 1.807) is 6.92 Å². The van der Waals surface area contributed by atoms with E-state index >= 15 is 0 Å². The van der Waals surface area contributed by atoms with E-state index in [1.807, 2.05) is 44.2 Å². The van der Waals surface area contributed by atoms with Crippen LogP contribution < -0.4 is 0 Å². The van der Waals surface area contributed by atoms with Crippen LogP contribution in [-0.4, -0.2) is 31.3 Å². The summed E-state index contributed by atoms with van der Waals surface area (Å²) in [4.78, 5) is 11.6. The van der Waals surface area contributed by atoms with Gasteiger partial charge in [0.05, 0.1) is 0 Å². The lowest BCUT2D eigenvalue weighted by Crippen LogP contribution is -2.40. The van der Waals surface area contributed by atoms with Crippen LogP contribution >= 0.6 is 0 Å². The van der Waals surface area contributed by atoms with Gasteiger partial charge in [-0.2, -0.15) is 0 Å². The fourth-order valence-electron chi connectivity index (χ4n) is 2.41. The minimum Gasteiger partial charge on any atom is -0.479 e. The Bertz CT molecular complexity index is 611. The van der Waals surface area contributed by atoms with Crippen molar-refractivity contribution in [1.29, 1.82) is 0 Å². The SMILES string of the molecule is CCC(c1ccccc1)c1nnnn1C(C)(CC)C(=O)O. The molecule has 0 bridgehead atoms. The molecule has 2 atom stereocenters. The molecule has 0 fully saturated rings. The molecule has 0 spiro atoms. The van der Waals surface area contributed by atoms with Crippen molar-refractivity contribution < 1.29 is 9.90 Å². The molecule has 1 N–H and O–H groups in total. The lowest BCUT2D eigenvalue weighted by molar-refractivity contribution is -0.147. The average Bonchev–Trinajstić information content (AvgIpc) is 2.98. The first-order chi connectivity index (χ1) is 10.0. The van der Waals surface area contributed by atoms with Gasteiger partial charge in [0.2, 0.25) is 0 Å². The van der Waals surface area contributed by atoms with Gasteiger partial charge in [-0.3, -0.25) is 0 Å². The number of hydrogen-bond acceptors (Lipinski definition) is 4. The van der Waals surface area contributed by atoms with Gasteiger partial charge in [-0.1, -0.05) is 44.2 Å². The van der Waals surface area contributed by atoms with Gasteiger partial charge in [-0.15, -0.1) is 5.10 Å². The molecule has 2 aromatic rings. The van der Waals surface area contributed by atoms with Crippen molar-refractivity contribution in [1.82, 2.24) is 20.2 Å². The summed E-state index contributed by atoms with van der Waals surface area (Å²) in [6, 6.07) is 9.89. The second kappa shape index (κ2) is 6.03. The molecule has 0 aliphatic heterocycles. The predicted molar refractivity (Wildman–Crippen MR) is 78.0 cm³/mol. The van der Waals surface area contributed by atoms with Crippen LogP contribution in [0.5, 0.6) is 0 Å². The van der Waals surface area contributed by atoms with Gasteiger partial charge in [-0.05, 0) is 35.8 Å². The maximum absolute atomic E-state index is 11.6. The molecule has 2 unspecified atom stereocenters. The summed E-state index contributed by atoms with van der Waals surface area (Å²) in [7, 11) is 0. The minimum absolute atomic E-state index is 0.0218. The predicted octanol–water partition coefficient (Wildman–Crippen LogP) is 2.42. The van der Waals surface area contributed by atoms with Crippen LogP contribution in [0.25, 0.3) is 0 Å². The smallest absolute Gasteiger partial charge is 0.331 e. The summed E-state index contributed by atoms with van der Waals surface area (Å²) in [6.07, 6.45) is 1.20. The quantitative estimate of drug-likeness (QED) is 0.883. The van der Waals surface area contributed by atoms with Gasteiger partial charge in [0.15, 0.2) is 11.4 Å². The highest BCUT2D eigenvalue weighted by molar-refractivity contribution is 5.76. The van der Waals surface area contributed by atoms with Crippen LogP contribution in [0.1, 0.15) is 50.9 Å². The largest absolute Gasteiger partial charge is 0.479 e. The number of aromatic nitrogens is 4. The molecule has 0 radical (unpaired) electrons. The van der Waals surface area contributed by atoms with E-state index in [-0.39, 0.29) is 5.92 Å². The number of hydrogen-bond donors (Lipinski definition) is 1. The van der Waals surface area contributed by atoms with Crippen LogP contribution in [0.3, 0.4) is 0 Å². The number of carbonyl (C=O) groups is 1. The molecule has 0 aliphatic carbocycles. The molecule has 0 amide bonds. The molecule has 0 aliphatic rings. The van der Waals surface area contributed by atoms with Crippen molar-refractivity contribution in [2.75, 3.05) is 0 Å². The highest BCUT2D eigenvalue weighted by Crippen LogP contribution is 2.30. The number of benzene rings is 1. The molecule has 6 nitrogen and oxygen atoms in total. The molecule has 21 heavy (non-hydrogen) atoms. The Balaban J connectivity index is 2.51. The van der Waals surface area contributed by atoms with Crippen LogP contribution in [0.15, 0.2) is 30.3 Å². The first-order valence-corrected chi connectivity index (χ1v) is 7.11. The molecule has 1 aromatic heterocycles. The molecule has 112 valence electrons. The molecule has 1 heterocycles. The van der Waals surface area contributed by atoms with E-state index in [0.717, 1.165) is 12.0 Å². The Morgan fingerprint density at radius 1 is 1.33 bits per heavy atom. The molecular weight excluding hydrogens is 268 g/mol. The zero-order valence-corrected chi connectivity index (χ0v) is 12.5. The van der Waals surface area contributed by atoms with Gasteiger partial charge >= 0.3 is 5.97 Å². The lowest BCUT2D eigenvalue weighted by atomic mass is 9.93. The lowest BCUT2D eigenvalue weighted by Gasteiger charge is -2.26. The first-order valence-electron chi connectivity index (χ1n) is 7.11. The van der Waals surface area contributed by atoms with Crippen molar-refractivity contribution in [3.05, 3.63) is 41.7 Å². The Morgan fingerprint density at radius 2 is 2.00 bits per heavy atom. The van der Waals surface area contributed by atoms with Crippen LogP contribution in [0.2, 0.25) is 0 Å². The van der Waals surface area contributed by atoms with Gasteiger partial charge in [0.1, 0.15) is 0 Å². The Hall–Kier alpha value is -2.24. The standard InChI is InChI=1S/C15H20N4O2/c1-4-12(11-9-7-6-8-10-11)13-16-17-18-19(13)15(3,5-2)14(20)21/h6-10,12H,4-5H2,1-3H3,(H,20,21). The maximum atomic E-state index is 11.6. The highest BCUT2D eigenvalue weighted by atomic mass is 16.4. The normalized spacial score (nSPS) is 15.4. The highest BCUT2D eigenvalue weighted by Gasteiger charge is 2.38. The Kier molecular flexibility index (Phi) is 4.35. The second-order valence-corrected chi connectivity index (χ2v) is 5.25. The van der Waals surface area contributed by atoms with Crippen molar-refractivity contribution in [3.63, 3.8) is 0 Å². The topological polar surface area (TPSA) is 80.9 Å². The van der Waals surface area contributed by atoms with E-state index in [4.69, 9.17) is 0 Å². The monoisotopic (exact) mass is 288 g/mol. The number of nitrogens with zero attached hydrogens (tertiary/aromatic N) is 4. The number of carboxylic acids is 1. The third kappa shape index (κ3) is 2.66. The van der Waals surface area contributed by atoms with Gasteiger partial charge in [-0.25, -0.2) is 9.48 Å². The Morgan fingerprint density at radius 3 is 2.52 bits per heavy atom. The minimum atomic E-state index is -1.14. The van der Waals surface area contributed by atoms with Crippen molar-refractivity contribution in [2.24, 2.45) is 0 Å². The van der Waals surface area contributed by atoms with Crippen molar-refractivity contribution in [3.8, 4) is 0 Å². The first kappa shape index (κ1) is 15.2. The van der Waals surface area contributed by atoms with Gasteiger partial charge in [0, 0.05) is 5.92 Å². The summed E-state index contributed by atoms with van der Waals surface area (Å²) in [5.41, 5.74) is -0.0546. The zero-order chi connectivity index (χ0) is 15.5. The molecule has 6 heteroatoms. The summed E-state index contributed by atoms with van der Waals surface area (Å²) in [5.74, 6) is -0.358. The van der Waals surface area contributed by atoms with E-state index in [2.05, 4.69) is 15.5 Å². The number of tetrazole rings is 1. The summed E-state index contributed by atoms with van der Waals surface area (Å²) in [6.45, 7) is 5.51. The van der Waals surface area contributed by atoms with Crippen molar-refractivity contribution in [2.45, 2.75) is 45.1 Å². The van der Waals surface area contributed by atoms with Crippen LogP contribution in [0, 0.1) is 0 Å². The van der Waals surface area contributed by atoms with Crippen LogP contribution in [0.4, 0.5) is 0 Å². The number of aliphatic carboxylic acids is 1. The van der Waals surface area contributed by atoms with Crippen molar-refractivity contribution >= 4 is 5.97 Å². The number of carboxylic acid groups (broad SMARTS) is 1. The van der Waals surface area contributed by atoms with E-state index in [0.29, 0.717) is 12.2 Å². The third-order valence-electron chi connectivity index (χ3n) is 4.03. The molecule has 1 aromatic carbocycles. The van der Waals surface area contributed by atoms with E-state index in [1.165, 1.54) is 4.68 Å². The zero-order valence-electron chi connectivity index (χ0n) is 12.5. The summed E-state index contributed by atoms with van der Waals surface area (Å²) in [5, 5.41) is 21.3. The molecule has 2 rings (SSSR count). The van der Waals surface area contributed by atoms with E-state index in [9.17, 15) is 9.90 Å². The summed E-state index contributed by atoms with van der Waals surface area (Å²) >= 11 is 0. The Labute approximate surface area is 123 Å². The fraction of sp³-hybridized carbons (Fsp3) is 0.467. The second-order valence-electron chi connectivity index (χ2n) is 5.25. The van der Waals surface area contributed by atoms with Gasteiger partial charge < -0.3 is 5.11 Å². The summed E-state index contributed by atoms with van der Waals surface area (Å²) < 4.78 is 1.45. The third-order valence-corrected chi connectivity index (χ3v) is 4.03.